The average Bonchev–Trinajstić information content (AvgIpc) is 2.06. The average molecular weight is 198 g/mol. The number of hydrogen-bond acceptors (Lipinski definition) is 2. The van der Waals surface area contributed by atoms with Crippen molar-refractivity contribution < 1.29 is 0 Å². The fourth-order valence-corrected chi connectivity index (χ4v) is 1.82. The van der Waals surface area contributed by atoms with Gasteiger partial charge in [-0.05, 0) is 25.7 Å². The molecular formula is C8H18N6. The van der Waals surface area contributed by atoms with E-state index in [2.05, 4.69) is 10.6 Å². The van der Waals surface area contributed by atoms with E-state index in [1.807, 2.05) is 0 Å². The third-order valence-electron chi connectivity index (χ3n) is 2.45. The van der Waals surface area contributed by atoms with Gasteiger partial charge in [0.25, 0.3) is 0 Å². The van der Waals surface area contributed by atoms with Crippen LogP contribution in [0.25, 0.3) is 0 Å². The number of rotatable bonds is 2. The fraction of sp³-hybridized carbons (Fsp3) is 0.750. The molecule has 0 aromatic heterocycles. The smallest absolute Gasteiger partial charge is 0.185 e. The summed E-state index contributed by atoms with van der Waals surface area (Å²) < 4.78 is 0. The lowest BCUT2D eigenvalue weighted by Crippen LogP contribution is -2.46. The number of nitrogens with two attached hydrogens (primary N) is 2. The lowest BCUT2D eigenvalue weighted by atomic mass is 9.91. The van der Waals surface area contributed by atoms with Crippen molar-refractivity contribution in [2.24, 2.45) is 11.5 Å². The molecule has 1 aliphatic rings. The van der Waals surface area contributed by atoms with Crippen LogP contribution in [0.2, 0.25) is 0 Å². The number of nitrogens with one attached hydrogen (secondary N) is 4. The van der Waals surface area contributed by atoms with Gasteiger partial charge in [0, 0.05) is 12.1 Å². The zero-order valence-corrected chi connectivity index (χ0v) is 8.14. The predicted octanol–water partition coefficient (Wildman–Crippen LogP) is -0.736. The molecule has 6 nitrogen and oxygen atoms in total. The van der Waals surface area contributed by atoms with Gasteiger partial charge in [-0.25, -0.2) is 0 Å². The summed E-state index contributed by atoms with van der Waals surface area (Å²) in [4.78, 5) is 0. The molecule has 0 spiro atoms. The summed E-state index contributed by atoms with van der Waals surface area (Å²) in [6, 6.07) is 0.606. The zero-order chi connectivity index (χ0) is 10.6. The summed E-state index contributed by atoms with van der Waals surface area (Å²) in [5, 5.41) is 20.0. The highest BCUT2D eigenvalue weighted by molar-refractivity contribution is 5.75. The SMILES string of the molecule is N=C(N)NC1CCC(NC(=N)N)CC1. The molecule has 0 atom stereocenters. The maximum Gasteiger partial charge on any atom is 0.185 e. The maximum atomic E-state index is 7.09. The lowest BCUT2D eigenvalue weighted by molar-refractivity contribution is 0.353. The monoisotopic (exact) mass is 198 g/mol. The largest absolute Gasteiger partial charge is 0.370 e. The highest BCUT2D eigenvalue weighted by Crippen LogP contribution is 2.18. The van der Waals surface area contributed by atoms with E-state index < -0.39 is 0 Å². The summed E-state index contributed by atoms with van der Waals surface area (Å²) >= 11 is 0. The van der Waals surface area contributed by atoms with Crippen LogP contribution in [0.4, 0.5) is 0 Å². The summed E-state index contributed by atoms with van der Waals surface area (Å²) in [5.41, 5.74) is 10.5. The van der Waals surface area contributed by atoms with Crippen LogP contribution in [0.3, 0.4) is 0 Å². The molecule has 0 aromatic rings. The zero-order valence-electron chi connectivity index (χ0n) is 8.14. The van der Waals surface area contributed by atoms with Crippen LogP contribution in [0, 0.1) is 10.8 Å². The van der Waals surface area contributed by atoms with Gasteiger partial charge in [0.15, 0.2) is 11.9 Å². The summed E-state index contributed by atoms with van der Waals surface area (Å²) in [7, 11) is 0. The van der Waals surface area contributed by atoms with E-state index in [1.165, 1.54) is 0 Å². The van der Waals surface area contributed by atoms with Gasteiger partial charge in [-0.3, -0.25) is 10.8 Å². The molecule has 0 unspecified atom stereocenters. The molecule has 8 N–H and O–H groups in total. The lowest BCUT2D eigenvalue weighted by Gasteiger charge is -2.29. The van der Waals surface area contributed by atoms with Crippen molar-refractivity contribution in [3.63, 3.8) is 0 Å². The van der Waals surface area contributed by atoms with Crippen molar-refractivity contribution in [1.82, 2.24) is 10.6 Å². The van der Waals surface area contributed by atoms with E-state index in [0.29, 0.717) is 12.1 Å². The normalized spacial score (nSPS) is 26.6. The summed E-state index contributed by atoms with van der Waals surface area (Å²) in [5.74, 6) is 0.0703. The molecule has 0 aliphatic heterocycles. The predicted molar refractivity (Wildman–Crippen MR) is 56.1 cm³/mol. The van der Waals surface area contributed by atoms with Crippen molar-refractivity contribution in [3.8, 4) is 0 Å². The first-order chi connectivity index (χ1) is 6.58. The van der Waals surface area contributed by atoms with Crippen LogP contribution in [-0.2, 0) is 0 Å². The Kier molecular flexibility index (Phi) is 3.55. The van der Waals surface area contributed by atoms with Crippen molar-refractivity contribution in [2.45, 2.75) is 37.8 Å². The van der Waals surface area contributed by atoms with Crippen LogP contribution >= 0.6 is 0 Å². The Morgan fingerprint density at radius 1 is 0.857 bits per heavy atom. The van der Waals surface area contributed by atoms with Gasteiger partial charge in [0.1, 0.15) is 0 Å². The fourth-order valence-electron chi connectivity index (χ4n) is 1.82. The third-order valence-corrected chi connectivity index (χ3v) is 2.45. The molecule has 1 rings (SSSR count). The third kappa shape index (κ3) is 3.51. The molecule has 6 heteroatoms. The Morgan fingerprint density at radius 3 is 1.36 bits per heavy atom. The van der Waals surface area contributed by atoms with Gasteiger partial charge >= 0.3 is 0 Å². The minimum Gasteiger partial charge on any atom is -0.370 e. The molecule has 80 valence electrons. The molecular weight excluding hydrogens is 180 g/mol. The Bertz CT molecular complexity index is 194. The second-order valence-electron chi connectivity index (χ2n) is 3.66. The van der Waals surface area contributed by atoms with Crippen LogP contribution in [0.1, 0.15) is 25.7 Å². The first-order valence-corrected chi connectivity index (χ1v) is 4.79. The Labute approximate surface area is 83.4 Å². The molecule has 0 bridgehead atoms. The van der Waals surface area contributed by atoms with E-state index in [9.17, 15) is 0 Å². The molecule has 0 aromatic carbocycles. The number of hydrogen-bond donors (Lipinski definition) is 6. The van der Waals surface area contributed by atoms with Gasteiger partial charge in [-0.1, -0.05) is 0 Å². The molecule has 1 aliphatic carbocycles. The van der Waals surface area contributed by atoms with Crippen molar-refractivity contribution in [3.05, 3.63) is 0 Å². The van der Waals surface area contributed by atoms with Crippen LogP contribution in [-0.4, -0.2) is 24.0 Å². The molecule has 0 heterocycles. The van der Waals surface area contributed by atoms with Gasteiger partial charge < -0.3 is 22.1 Å². The molecule has 1 fully saturated rings. The van der Waals surface area contributed by atoms with Gasteiger partial charge in [-0.2, -0.15) is 0 Å². The minimum absolute atomic E-state index is 0.0352. The molecule has 1 saturated carbocycles. The minimum atomic E-state index is 0.0352. The first kappa shape index (κ1) is 10.6. The van der Waals surface area contributed by atoms with E-state index in [4.69, 9.17) is 22.3 Å². The van der Waals surface area contributed by atoms with Crippen molar-refractivity contribution in [2.75, 3.05) is 0 Å². The molecule has 14 heavy (non-hydrogen) atoms. The quantitative estimate of drug-likeness (QED) is 0.258. The van der Waals surface area contributed by atoms with E-state index in [-0.39, 0.29) is 11.9 Å². The highest BCUT2D eigenvalue weighted by Gasteiger charge is 2.21. The standard InChI is InChI=1S/C8H18N6/c9-7(10)13-5-1-2-6(4-3-5)14-8(11)12/h5-6H,1-4H2,(H4,9,10,13)(H4,11,12,14). The van der Waals surface area contributed by atoms with E-state index >= 15 is 0 Å². The maximum absolute atomic E-state index is 7.09. The summed E-state index contributed by atoms with van der Waals surface area (Å²) in [6.45, 7) is 0. The van der Waals surface area contributed by atoms with E-state index in [1.54, 1.807) is 0 Å². The van der Waals surface area contributed by atoms with Gasteiger partial charge in [-0.15, -0.1) is 0 Å². The molecule has 0 saturated heterocycles. The van der Waals surface area contributed by atoms with Crippen LogP contribution < -0.4 is 22.1 Å². The first-order valence-electron chi connectivity index (χ1n) is 4.79. The molecule has 0 radical (unpaired) electrons. The topological polar surface area (TPSA) is 124 Å². The Balaban J connectivity index is 2.24. The van der Waals surface area contributed by atoms with Crippen molar-refractivity contribution in [1.29, 1.82) is 10.8 Å². The molecule has 0 amide bonds. The summed E-state index contributed by atoms with van der Waals surface area (Å²) in [6.07, 6.45) is 3.85. The Morgan fingerprint density at radius 2 is 1.14 bits per heavy atom. The second-order valence-corrected chi connectivity index (χ2v) is 3.66. The highest BCUT2D eigenvalue weighted by atomic mass is 15.1. The van der Waals surface area contributed by atoms with E-state index in [0.717, 1.165) is 25.7 Å². The van der Waals surface area contributed by atoms with Crippen molar-refractivity contribution >= 4 is 11.9 Å². The van der Waals surface area contributed by atoms with Gasteiger partial charge in [0.2, 0.25) is 0 Å². The second kappa shape index (κ2) is 4.69. The number of guanidine groups is 2. The Hall–Kier alpha value is -1.46. The van der Waals surface area contributed by atoms with Gasteiger partial charge in [0.05, 0.1) is 0 Å². The van der Waals surface area contributed by atoms with Crippen LogP contribution in [0.15, 0.2) is 0 Å². The van der Waals surface area contributed by atoms with Crippen LogP contribution in [0.5, 0.6) is 0 Å².